The summed E-state index contributed by atoms with van der Waals surface area (Å²) in [5.74, 6) is -0.241. The molecule has 0 saturated carbocycles. The van der Waals surface area contributed by atoms with Gasteiger partial charge in [0.2, 0.25) is 10.0 Å². The van der Waals surface area contributed by atoms with E-state index < -0.39 is 10.0 Å². The van der Waals surface area contributed by atoms with Crippen molar-refractivity contribution >= 4 is 28.3 Å². The molecule has 1 atom stereocenters. The zero-order valence-corrected chi connectivity index (χ0v) is 17.4. The minimum absolute atomic E-state index is 0. The van der Waals surface area contributed by atoms with Crippen LogP contribution in [0.5, 0.6) is 0 Å². The molecule has 1 fully saturated rings. The van der Waals surface area contributed by atoms with E-state index in [2.05, 4.69) is 15.4 Å². The number of carbonyl (C=O) groups is 1. The maximum Gasteiger partial charge on any atom is 0.251 e. The fourth-order valence-corrected chi connectivity index (χ4v) is 4.43. The molecule has 1 heterocycles. The molecular weight excluding hydrogens is 398 g/mol. The number of amides is 1. The second-order valence-corrected chi connectivity index (χ2v) is 8.49. The number of carbonyl (C=O) groups excluding carboxylic acids is 1. The molecule has 1 amide bonds. The Morgan fingerprint density at radius 3 is 2.43 bits per heavy atom. The average molecular weight is 424 g/mol. The molecule has 6 nitrogen and oxygen atoms in total. The molecule has 152 valence electrons. The van der Waals surface area contributed by atoms with Gasteiger partial charge in [-0.15, -0.1) is 12.4 Å². The van der Waals surface area contributed by atoms with Crippen molar-refractivity contribution in [3.05, 3.63) is 65.7 Å². The van der Waals surface area contributed by atoms with E-state index in [4.69, 9.17) is 0 Å². The second-order valence-electron chi connectivity index (χ2n) is 6.78. The molecule has 2 aromatic rings. The first-order valence-electron chi connectivity index (χ1n) is 9.14. The zero-order chi connectivity index (χ0) is 19.3. The van der Waals surface area contributed by atoms with Crippen LogP contribution in [0.4, 0.5) is 0 Å². The molecule has 0 radical (unpaired) electrons. The van der Waals surface area contributed by atoms with Crippen LogP contribution in [0.2, 0.25) is 0 Å². The molecule has 0 aromatic heterocycles. The highest BCUT2D eigenvalue weighted by Crippen LogP contribution is 2.18. The summed E-state index contributed by atoms with van der Waals surface area (Å²) in [6.45, 7) is 3.54. The van der Waals surface area contributed by atoms with E-state index in [9.17, 15) is 13.2 Å². The Morgan fingerprint density at radius 1 is 1.07 bits per heavy atom. The molecule has 3 rings (SSSR count). The molecule has 0 aliphatic carbocycles. The third-order valence-corrected chi connectivity index (χ3v) is 6.25. The van der Waals surface area contributed by atoms with Gasteiger partial charge in [-0.25, -0.2) is 13.1 Å². The first kappa shape index (κ1) is 22.4. The number of nitrogens with one attached hydrogen (secondary N) is 3. The van der Waals surface area contributed by atoms with Gasteiger partial charge in [0.15, 0.2) is 0 Å². The Bertz CT molecular complexity index is 885. The van der Waals surface area contributed by atoms with Crippen molar-refractivity contribution in [3.8, 4) is 0 Å². The van der Waals surface area contributed by atoms with Gasteiger partial charge in [-0.05, 0) is 56.6 Å². The van der Waals surface area contributed by atoms with Gasteiger partial charge < -0.3 is 10.6 Å². The molecule has 8 heteroatoms. The van der Waals surface area contributed by atoms with Gasteiger partial charge in [-0.3, -0.25) is 4.79 Å². The molecule has 0 bridgehead atoms. The van der Waals surface area contributed by atoms with Gasteiger partial charge in [0.05, 0.1) is 4.90 Å². The minimum Gasteiger partial charge on any atom is -0.349 e. The number of hydrogen-bond donors (Lipinski definition) is 3. The monoisotopic (exact) mass is 423 g/mol. The minimum atomic E-state index is -3.74. The molecule has 0 spiro atoms. The lowest BCUT2D eigenvalue weighted by atomic mass is 10.1. The lowest BCUT2D eigenvalue weighted by Crippen LogP contribution is -2.42. The number of benzene rings is 2. The predicted octanol–water partition coefficient (Wildman–Crippen LogP) is 2.63. The summed E-state index contributed by atoms with van der Waals surface area (Å²) in [7, 11) is -3.74. The number of sulfonamides is 1. The predicted molar refractivity (Wildman–Crippen MR) is 112 cm³/mol. The van der Waals surface area contributed by atoms with E-state index in [0.717, 1.165) is 31.5 Å². The first-order chi connectivity index (χ1) is 13.0. The summed E-state index contributed by atoms with van der Waals surface area (Å²) in [4.78, 5) is 12.6. The van der Waals surface area contributed by atoms with Gasteiger partial charge in [-0.1, -0.05) is 36.4 Å². The molecule has 3 N–H and O–H groups in total. The van der Waals surface area contributed by atoms with Crippen molar-refractivity contribution in [2.24, 2.45) is 0 Å². The largest absolute Gasteiger partial charge is 0.349 e. The van der Waals surface area contributed by atoms with Gasteiger partial charge >= 0.3 is 0 Å². The van der Waals surface area contributed by atoms with Crippen LogP contribution in [0.15, 0.2) is 59.5 Å². The van der Waals surface area contributed by atoms with E-state index in [0.29, 0.717) is 5.56 Å². The molecular formula is C20H26ClN3O3S. The van der Waals surface area contributed by atoms with Crippen LogP contribution in [0.25, 0.3) is 0 Å². The zero-order valence-electron chi connectivity index (χ0n) is 15.7. The van der Waals surface area contributed by atoms with E-state index in [1.54, 1.807) is 19.1 Å². The maximum atomic E-state index is 12.7. The molecule has 1 aliphatic rings. The highest BCUT2D eigenvalue weighted by molar-refractivity contribution is 7.89. The Hall–Kier alpha value is -1.93. The number of halogens is 1. The lowest BCUT2D eigenvalue weighted by molar-refractivity contribution is 0.0929. The van der Waals surface area contributed by atoms with E-state index >= 15 is 0 Å². The van der Waals surface area contributed by atoms with Gasteiger partial charge in [0.1, 0.15) is 0 Å². The molecule has 1 saturated heterocycles. The topological polar surface area (TPSA) is 87.3 Å². The van der Waals surface area contributed by atoms with Crippen molar-refractivity contribution in [1.82, 2.24) is 15.4 Å². The number of piperidine rings is 1. The van der Waals surface area contributed by atoms with Crippen LogP contribution in [-0.2, 0) is 10.0 Å². The van der Waals surface area contributed by atoms with Crippen molar-refractivity contribution in [2.45, 2.75) is 36.7 Å². The average Bonchev–Trinajstić information content (AvgIpc) is 2.69. The quantitative estimate of drug-likeness (QED) is 0.666. The lowest BCUT2D eigenvalue weighted by Gasteiger charge is -2.23. The van der Waals surface area contributed by atoms with Crippen LogP contribution in [0.1, 0.15) is 41.7 Å². The van der Waals surface area contributed by atoms with E-state index in [-0.39, 0.29) is 35.3 Å². The van der Waals surface area contributed by atoms with Crippen LogP contribution in [-0.4, -0.2) is 33.5 Å². The van der Waals surface area contributed by atoms with Crippen molar-refractivity contribution in [1.29, 1.82) is 0 Å². The highest BCUT2D eigenvalue weighted by Gasteiger charge is 2.21. The smallest absolute Gasteiger partial charge is 0.251 e. The SMILES string of the molecule is CC(NS(=O)(=O)c1cccc(C(=O)NC2CCNCC2)c1)c1ccccc1.Cl. The van der Waals surface area contributed by atoms with Gasteiger partial charge in [0, 0.05) is 17.6 Å². The molecule has 2 aromatic carbocycles. The Labute approximate surface area is 172 Å². The second kappa shape index (κ2) is 10.0. The maximum absolute atomic E-state index is 12.7. The summed E-state index contributed by atoms with van der Waals surface area (Å²) >= 11 is 0. The Morgan fingerprint density at radius 2 is 1.75 bits per heavy atom. The van der Waals surface area contributed by atoms with Crippen molar-refractivity contribution in [3.63, 3.8) is 0 Å². The normalized spacial score (nSPS) is 16.0. The third-order valence-electron chi connectivity index (χ3n) is 4.71. The highest BCUT2D eigenvalue weighted by atomic mass is 35.5. The van der Waals surface area contributed by atoms with Crippen molar-refractivity contribution in [2.75, 3.05) is 13.1 Å². The van der Waals surface area contributed by atoms with Crippen LogP contribution < -0.4 is 15.4 Å². The first-order valence-corrected chi connectivity index (χ1v) is 10.6. The Kier molecular flexibility index (Phi) is 8.00. The molecule has 1 aliphatic heterocycles. The van der Waals surface area contributed by atoms with E-state index in [1.807, 2.05) is 30.3 Å². The third kappa shape index (κ3) is 5.78. The van der Waals surface area contributed by atoms with Crippen LogP contribution in [0.3, 0.4) is 0 Å². The van der Waals surface area contributed by atoms with Gasteiger partial charge in [0.25, 0.3) is 5.91 Å². The summed E-state index contributed by atoms with van der Waals surface area (Å²) in [6.07, 6.45) is 1.75. The fourth-order valence-electron chi connectivity index (χ4n) is 3.15. The number of hydrogen-bond acceptors (Lipinski definition) is 4. The van der Waals surface area contributed by atoms with Crippen molar-refractivity contribution < 1.29 is 13.2 Å². The summed E-state index contributed by atoms with van der Waals surface area (Å²) < 4.78 is 28.1. The van der Waals surface area contributed by atoms with E-state index in [1.165, 1.54) is 12.1 Å². The summed E-state index contributed by atoms with van der Waals surface area (Å²) in [6, 6.07) is 15.3. The Balaban J connectivity index is 0.00000280. The fraction of sp³-hybridized carbons (Fsp3) is 0.350. The summed E-state index contributed by atoms with van der Waals surface area (Å²) in [5, 5.41) is 6.24. The summed E-state index contributed by atoms with van der Waals surface area (Å²) in [5.41, 5.74) is 1.23. The molecule has 1 unspecified atom stereocenters. The molecule has 28 heavy (non-hydrogen) atoms. The standard InChI is InChI=1S/C20H25N3O3S.ClH/c1-15(16-6-3-2-4-7-16)23-27(25,26)19-9-5-8-17(14-19)20(24)22-18-10-12-21-13-11-18;/h2-9,14-15,18,21,23H,10-13H2,1H3,(H,22,24);1H. The van der Waals surface area contributed by atoms with Gasteiger partial charge in [-0.2, -0.15) is 0 Å². The van der Waals surface area contributed by atoms with Crippen LogP contribution >= 0.6 is 12.4 Å². The number of rotatable bonds is 6. The van der Waals surface area contributed by atoms with Crippen LogP contribution in [0, 0.1) is 0 Å².